The summed E-state index contributed by atoms with van der Waals surface area (Å²) in [4.78, 5) is 29.0. The predicted octanol–water partition coefficient (Wildman–Crippen LogP) is 5.15. The average molecular weight is 435 g/mol. The highest BCUT2D eigenvalue weighted by Crippen LogP contribution is 2.60. The van der Waals surface area contributed by atoms with Gasteiger partial charge in [0.2, 0.25) is 11.8 Å². The van der Waals surface area contributed by atoms with Gasteiger partial charge in [0.15, 0.2) is 0 Å². The topological polar surface area (TPSA) is 49.4 Å². The van der Waals surface area contributed by atoms with Crippen LogP contribution in [0.4, 0.5) is 14.5 Å². The summed E-state index contributed by atoms with van der Waals surface area (Å²) < 4.78 is 25.0. The first-order valence-electron chi connectivity index (χ1n) is 11.1. The molecular formula is C23H28F2N2O2S. The van der Waals surface area contributed by atoms with E-state index in [0.717, 1.165) is 25.7 Å². The van der Waals surface area contributed by atoms with E-state index in [9.17, 15) is 18.4 Å². The highest BCUT2D eigenvalue weighted by molar-refractivity contribution is 7.99. The molecule has 7 heteroatoms. The van der Waals surface area contributed by atoms with E-state index in [1.807, 2.05) is 4.90 Å². The molecule has 1 aromatic rings. The number of halogens is 2. The fourth-order valence-corrected chi connectivity index (χ4v) is 7.40. The molecule has 2 amide bonds. The normalized spacial score (nSPS) is 34.6. The molecule has 4 saturated carbocycles. The van der Waals surface area contributed by atoms with E-state index >= 15 is 0 Å². The Bertz CT molecular complexity index is 794. The number of thioether (sulfide) groups is 1. The van der Waals surface area contributed by atoms with Gasteiger partial charge in [0.1, 0.15) is 6.04 Å². The molecule has 1 heterocycles. The summed E-state index contributed by atoms with van der Waals surface area (Å²) in [5.74, 6) is -0.338. The molecule has 5 fully saturated rings. The molecule has 1 atom stereocenters. The summed E-state index contributed by atoms with van der Waals surface area (Å²) in [7, 11) is 0. The van der Waals surface area contributed by atoms with Crippen molar-refractivity contribution in [3.05, 3.63) is 24.3 Å². The van der Waals surface area contributed by atoms with Gasteiger partial charge in [0, 0.05) is 17.1 Å². The molecule has 4 aliphatic carbocycles. The number of hydrogen-bond acceptors (Lipinski definition) is 3. The zero-order chi connectivity index (χ0) is 20.9. The van der Waals surface area contributed by atoms with Crippen LogP contribution >= 0.6 is 11.8 Å². The summed E-state index contributed by atoms with van der Waals surface area (Å²) in [5.41, 5.74) is 0.346. The van der Waals surface area contributed by atoms with E-state index in [0.29, 0.717) is 53.1 Å². The first kappa shape index (κ1) is 20.3. The molecule has 5 aliphatic rings. The van der Waals surface area contributed by atoms with Gasteiger partial charge in [-0.2, -0.15) is 8.78 Å². The maximum atomic E-state index is 13.7. The largest absolute Gasteiger partial charge is 0.330 e. The van der Waals surface area contributed by atoms with Crippen molar-refractivity contribution in [2.45, 2.75) is 68.1 Å². The lowest BCUT2D eigenvalue weighted by molar-refractivity contribution is -0.160. The van der Waals surface area contributed by atoms with Gasteiger partial charge in [-0.3, -0.25) is 9.59 Å². The third-order valence-corrected chi connectivity index (χ3v) is 8.38. The van der Waals surface area contributed by atoms with E-state index in [-0.39, 0.29) is 17.2 Å². The van der Waals surface area contributed by atoms with E-state index in [1.54, 1.807) is 24.3 Å². The van der Waals surface area contributed by atoms with Gasteiger partial charge in [0.05, 0.1) is 5.41 Å². The molecule has 4 nitrogen and oxygen atoms in total. The van der Waals surface area contributed by atoms with E-state index in [4.69, 9.17) is 0 Å². The summed E-state index contributed by atoms with van der Waals surface area (Å²) in [6.45, 7) is 0.655. The lowest BCUT2D eigenvalue weighted by Crippen LogP contribution is -2.56. The third kappa shape index (κ3) is 3.74. The van der Waals surface area contributed by atoms with Crippen LogP contribution in [0.3, 0.4) is 0 Å². The lowest BCUT2D eigenvalue weighted by Gasteiger charge is -2.56. The Morgan fingerprint density at radius 3 is 2.20 bits per heavy atom. The Labute approximate surface area is 180 Å². The summed E-state index contributed by atoms with van der Waals surface area (Å²) >= 11 is 0.484. The Balaban J connectivity index is 1.27. The number of hydrogen-bond donors (Lipinski definition) is 1. The van der Waals surface area contributed by atoms with Crippen molar-refractivity contribution in [2.75, 3.05) is 11.9 Å². The summed E-state index contributed by atoms with van der Waals surface area (Å²) in [6, 6.07) is 6.02. The second-order valence-corrected chi connectivity index (χ2v) is 10.8. The molecule has 1 saturated heterocycles. The molecular weight excluding hydrogens is 406 g/mol. The molecule has 0 radical (unpaired) electrons. The minimum atomic E-state index is -2.46. The molecule has 1 unspecified atom stereocenters. The maximum absolute atomic E-state index is 13.7. The SMILES string of the molecule is O=C(Nc1ccc(SC(F)F)cc1)C1CCCN1C(=O)C12CC3CC(CC(C3)C1)C2. The van der Waals surface area contributed by atoms with Crippen LogP contribution in [0.25, 0.3) is 0 Å². The van der Waals surface area contributed by atoms with Crippen molar-refractivity contribution in [1.82, 2.24) is 4.90 Å². The first-order chi connectivity index (χ1) is 14.4. The monoisotopic (exact) mass is 434 g/mol. The highest BCUT2D eigenvalue weighted by atomic mass is 32.2. The molecule has 1 aromatic carbocycles. The van der Waals surface area contributed by atoms with Crippen molar-refractivity contribution in [2.24, 2.45) is 23.2 Å². The van der Waals surface area contributed by atoms with Gasteiger partial charge < -0.3 is 10.2 Å². The van der Waals surface area contributed by atoms with Crippen LogP contribution in [0.2, 0.25) is 0 Å². The number of anilines is 1. The quantitative estimate of drug-likeness (QED) is 0.653. The smallest absolute Gasteiger partial charge is 0.288 e. The van der Waals surface area contributed by atoms with Crippen molar-refractivity contribution in [3.8, 4) is 0 Å². The minimum Gasteiger partial charge on any atom is -0.330 e. The molecule has 6 rings (SSSR count). The number of nitrogens with zero attached hydrogens (tertiary/aromatic N) is 1. The molecule has 162 valence electrons. The number of alkyl halides is 2. The van der Waals surface area contributed by atoms with Gasteiger partial charge in [-0.15, -0.1) is 0 Å². The van der Waals surface area contributed by atoms with Crippen LogP contribution in [0.15, 0.2) is 29.2 Å². The fourth-order valence-electron chi connectivity index (χ4n) is 6.90. The van der Waals surface area contributed by atoms with Crippen molar-refractivity contribution < 1.29 is 18.4 Å². The van der Waals surface area contributed by atoms with Gasteiger partial charge in [-0.05, 0) is 93.4 Å². The van der Waals surface area contributed by atoms with Gasteiger partial charge in [-0.1, -0.05) is 11.8 Å². The van der Waals surface area contributed by atoms with Crippen molar-refractivity contribution in [3.63, 3.8) is 0 Å². The molecule has 1 aliphatic heterocycles. The second kappa shape index (κ2) is 7.81. The molecule has 1 N–H and O–H groups in total. The second-order valence-electron chi connectivity index (χ2n) is 9.75. The summed E-state index contributed by atoms with van der Waals surface area (Å²) in [5, 5.41) is 2.89. The van der Waals surface area contributed by atoms with Crippen LogP contribution in [-0.2, 0) is 9.59 Å². The standard InChI is InChI=1S/C23H28F2N2O2S/c24-22(25)30-18-5-3-17(4-6-18)26-20(28)19-2-1-7-27(19)21(29)23-11-14-8-15(12-23)10-16(9-14)13-23/h3-6,14-16,19,22H,1-2,7-13H2,(H,26,28). The predicted molar refractivity (Wildman–Crippen MR) is 112 cm³/mol. The fraction of sp³-hybridized carbons (Fsp3) is 0.652. The van der Waals surface area contributed by atoms with Crippen LogP contribution in [0, 0.1) is 23.2 Å². The Hall–Kier alpha value is -1.63. The van der Waals surface area contributed by atoms with Gasteiger partial charge in [0.25, 0.3) is 5.76 Å². The number of carbonyl (C=O) groups is 2. The maximum Gasteiger partial charge on any atom is 0.288 e. The van der Waals surface area contributed by atoms with Crippen LogP contribution in [-0.4, -0.2) is 35.1 Å². The molecule has 0 spiro atoms. The van der Waals surface area contributed by atoms with Crippen LogP contribution in [0.1, 0.15) is 51.4 Å². The number of likely N-dealkylation sites (tertiary alicyclic amines) is 1. The van der Waals surface area contributed by atoms with Crippen LogP contribution in [0.5, 0.6) is 0 Å². The third-order valence-electron chi connectivity index (χ3n) is 7.66. The van der Waals surface area contributed by atoms with E-state index in [2.05, 4.69) is 5.32 Å². The van der Waals surface area contributed by atoms with E-state index in [1.165, 1.54) is 19.3 Å². The van der Waals surface area contributed by atoms with Crippen molar-refractivity contribution >= 4 is 29.3 Å². The number of nitrogens with one attached hydrogen (secondary N) is 1. The minimum absolute atomic E-state index is 0.167. The van der Waals surface area contributed by atoms with E-state index < -0.39 is 11.8 Å². The number of benzene rings is 1. The molecule has 4 bridgehead atoms. The van der Waals surface area contributed by atoms with Gasteiger partial charge >= 0.3 is 0 Å². The van der Waals surface area contributed by atoms with Crippen LogP contribution < -0.4 is 5.32 Å². The zero-order valence-electron chi connectivity index (χ0n) is 17.0. The van der Waals surface area contributed by atoms with Gasteiger partial charge in [-0.25, -0.2) is 0 Å². The first-order valence-corrected chi connectivity index (χ1v) is 12.0. The Morgan fingerprint density at radius 1 is 1.03 bits per heavy atom. The molecule has 30 heavy (non-hydrogen) atoms. The Morgan fingerprint density at radius 2 is 1.63 bits per heavy atom. The highest BCUT2D eigenvalue weighted by Gasteiger charge is 2.56. The summed E-state index contributed by atoms with van der Waals surface area (Å²) in [6.07, 6.45) is 8.41. The number of amides is 2. The lowest BCUT2D eigenvalue weighted by atomic mass is 9.49. The molecule has 0 aromatic heterocycles. The Kier molecular flexibility index (Phi) is 5.28. The van der Waals surface area contributed by atoms with Crippen molar-refractivity contribution in [1.29, 1.82) is 0 Å². The zero-order valence-corrected chi connectivity index (χ0v) is 17.8. The number of carbonyl (C=O) groups excluding carboxylic acids is 2. The number of rotatable bonds is 5. The average Bonchev–Trinajstić information content (AvgIpc) is 3.17.